The number of benzene rings is 3. The molecule has 4 rings (SSSR count). The third-order valence-corrected chi connectivity index (χ3v) is 6.91. The lowest BCUT2D eigenvalue weighted by Crippen LogP contribution is -2.56. The van der Waals surface area contributed by atoms with Crippen molar-refractivity contribution < 1.29 is 24.2 Å². The Labute approximate surface area is 229 Å². The van der Waals surface area contributed by atoms with Gasteiger partial charge in [0.05, 0.1) is 0 Å². The van der Waals surface area contributed by atoms with Gasteiger partial charge in [0.2, 0.25) is 5.91 Å². The fourth-order valence-electron chi connectivity index (χ4n) is 4.72. The van der Waals surface area contributed by atoms with Crippen LogP contribution in [0.1, 0.15) is 64.1 Å². The number of alkyl carbamates (subject to hydrolysis) is 1. The van der Waals surface area contributed by atoms with E-state index >= 15 is 0 Å². The van der Waals surface area contributed by atoms with Crippen molar-refractivity contribution in [1.29, 1.82) is 0 Å². The van der Waals surface area contributed by atoms with Gasteiger partial charge in [0.1, 0.15) is 23.4 Å². The van der Waals surface area contributed by atoms with Crippen LogP contribution in [0.15, 0.2) is 60.7 Å². The molecule has 3 N–H and O–H groups in total. The van der Waals surface area contributed by atoms with Crippen LogP contribution in [0, 0.1) is 6.92 Å². The number of nitrogens with zero attached hydrogens (tertiary/aromatic N) is 1. The minimum atomic E-state index is -0.976. The van der Waals surface area contributed by atoms with Crippen LogP contribution in [0.5, 0.6) is 5.75 Å². The van der Waals surface area contributed by atoms with E-state index in [1.54, 1.807) is 51.7 Å². The first-order valence-corrected chi connectivity index (χ1v) is 13.3. The maximum atomic E-state index is 14.0. The molecule has 1 saturated carbocycles. The van der Waals surface area contributed by atoms with Crippen molar-refractivity contribution in [2.24, 2.45) is 0 Å². The molecule has 39 heavy (non-hydrogen) atoms. The third kappa shape index (κ3) is 6.69. The quantitative estimate of drug-likeness (QED) is 0.356. The highest BCUT2D eigenvalue weighted by Crippen LogP contribution is 2.35. The average molecular weight is 532 g/mol. The molecular formula is C31H37N3O5. The Bertz CT molecular complexity index is 1380. The summed E-state index contributed by atoms with van der Waals surface area (Å²) in [6, 6.07) is 16.4. The van der Waals surface area contributed by atoms with E-state index in [2.05, 4.69) is 10.6 Å². The Morgan fingerprint density at radius 1 is 1.00 bits per heavy atom. The first-order chi connectivity index (χ1) is 18.4. The molecule has 1 aliphatic carbocycles. The van der Waals surface area contributed by atoms with Crippen LogP contribution in [-0.2, 0) is 14.3 Å². The van der Waals surface area contributed by atoms with Gasteiger partial charge in [-0.15, -0.1) is 0 Å². The first kappa shape index (κ1) is 28.0. The molecule has 8 nitrogen and oxygen atoms in total. The third-order valence-electron chi connectivity index (χ3n) is 6.91. The maximum Gasteiger partial charge on any atom is 0.408 e. The standard InChI is InChI=1S/C31H37N3O5/c1-19-17-23(14-16-26(19)35)27(28(36)33-24-15-13-21-9-6-7-10-22(21)18-24)34(25-11-8-12-25)29(37)20(2)32-30(38)39-31(3,4)5/h6-7,9-10,13-18,20,25,27,35H,8,11-12H2,1-5H3,(H,32,38)(H,33,36). The van der Waals surface area contributed by atoms with Gasteiger partial charge in [0, 0.05) is 11.7 Å². The molecule has 0 spiro atoms. The summed E-state index contributed by atoms with van der Waals surface area (Å²) < 4.78 is 5.35. The lowest BCUT2D eigenvalue weighted by Gasteiger charge is -2.43. The molecule has 1 fully saturated rings. The van der Waals surface area contributed by atoms with Gasteiger partial charge in [0.15, 0.2) is 0 Å². The Balaban J connectivity index is 1.68. The Morgan fingerprint density at radius 2 is 1.69 bits per heavy atom. The SMILES string of the molecule is Cc1cc(C(C(=O)Nc2ccc3ccccc3c2)N(C(=O)C(C)NC(=O)OC(C)(C)C)C2CCC2)ccc1O. The molecule has 3 aromatic carbocycles. The largest absolute Gasteiger partial charge is 0.508 e. The summed E-state index contributed by atoms with van der Waals surface area (Å²) in [5.41, 5.74) is 1.07. The highest BCUT2D eigenvalue weighted by atomic mass is 16.6. The predicted molar refractivity (Wildman–Crippen MR) is 151 cm³/mol. The minimum absolute atomic E-state index is 0.105. The van der Waals surface area contributed by atoms with E-state index in [1.165, 1.54) is 6.07 Å². The molecule has 0 bridgehead atoms. The Hall–Kier alpha value is -4.07. The number of rotatable bonds is 7. The number of ether oxygens (including phenoxy) is 1. The number of hydrogen-bond donors (Lipinski definition) is 3. The fourth-order valence-corrected chi connectivity index (χ4v) is 4.72. The predicted octanol–water partition coefficient (Wildman–Crippen LogP) is 5.83. The van der Waals surface area contributed by atoms with E-state index in [1.807, 2.05) is 42.5 Å². The molecule has 0 heterocycles. The topological polar surface area (TPSA) is 108 Å². The zero-order valence-electron chi connectivity index (χ0n) is 23.2. The molecule has 3 amide bonds. The molecule has 8 heteroatoms. The van der Waals surface area contributed by atoms with Crippen molar-refractivity contribution in [3.63, 3.8) is 0 Å². The van der Waals surface area contributed by atoms with Crippen molar-refractivity contribution in [3.05, 3.63) is 71.8 Å². The number of phenols is 1. The van der Waals surface area contributed by atoms with E-state index in [-0.39, 0.29) is 23.6 Å². The number of aryl methyl sites for hydroxylation is 1. The summed E-state index contributed by atoms with van der Waals surface area (Å²) in [6.45, 7) is 8.59. The summed E-state index contributed by atoms with van der Waals surface area (Å²) in [5, 5.41) is 17.8. The number of carbonyl (C=O) groups is 3. The number of aromatic hydroxyl groups is 1. The molecule has 1 aliphatic rings. The van der Waals surface area contributed by atoms with Crippen LogP contribution in [0.2, 0.25) is 0 Å². The Kier molecular flexibility index (Phi) is 8.14. The number of phenolic OH excluding ortho intramolecular Hbond substituents is 1. The molecule has 0 radical (unpaired) electrons. The van der Waals surface area contributed by atoms with Crippen LogP contribution < -0.4 is 10.6 Å². The van der Waals surface area contributed by atoms with Crippen molar-refractivity contribution in [2.45, 2.75) is 77.6 Å². The summed E-state index contributed by atoms with van der Waals surface area (Å²) in [5.74, 6) is -0.649. The number of amides is 3. The summed E-state index contributed by atoms with van der Waals surface area (Å²) in [4.78, 5) is 41.9. The van der Waals surface area contributed by atoms with Crippen molar-refractivity contribution in [3.8, 4) is 5.75 Å². The van der Waals surface area contributed by atoms with Gasteiger partial charge in [-0.1, -0.05) is 36.4 Å². The van der Waals surface area contributed by atoms with Gasteiger partial charge < -0.3 is 25.4 Å². The van der Waals surface area contributed by atoms with Gasteiger partial charge in [-0.2, -0.15) is 0 Å². The smallest absolute Gasteiger partial charge is 0.408 e. The van der Waals surface area contributed by atoms with E-state index in [0.717, 1.165) is 30.0 Å². The second-order valence-corrected chi connectivity index (χ2v) is 11.2. The molecule has 206 valence electrons. The highest BCUT2D eigenvalue weighted by molar-refractivity contribution is 6.00. The molecule has 3 aromatic rings. The zero-order valence-corrected chi connectivity index (χ0v) is 23.2. The minimum Gasteiger partial charge on any atom is -0.508 e. The summed E-state index contributed by atoms with van der Waals surface area (Å²) in [7, 11) is 0. The van der Waals surface area contributed by atoms with Crippen LogP contribution in [0.4, 0.5) is 10.5 Å². The number of carbonyl (C=O) groups excluding carboxylic acids is 3. The lowest BCUT2D eigenvalue weighted by atomic mass is 9.88. The van der Waals surface area contributed by atoms with Crippen LogP contribution >= 0.6 is 0 Å². The highest BCUT2D eigenvalue weighted by Gasteiger charge is 2.41. The number of fused-ring (bicyclic) bond motifs is 1. The van der Waals surface area contributed by atoms with Gasteiger partial charge in [0.25, 0.3) is 5.91 Å². The van der Waals surface area contributed by atoms with Crippen molar-refractivity contribution in [2.75, 3.05) is 5.32 Å². The molecule has 2 unspecified atom stereocenters. The van der Waals surface area contributed by atoms with Crippen LogP contribution in [0.25, 0.3) is 10.8 Å². The van der Waals surface area contributed by atoms with Crippen LogP contribution in [0.3, 0.4) is 0 Å². The van der Waals surface area contributed by atoms with Crippen LogP contribution in [-0.4, -0.2) is 45.6 Å². The zero-order chi connectivity index (χ0) is 28.3. The molecule has 0 aliphatic heterocycles. The average Bonchev–Trinajstić information content (AvgIpc) is 2.82. The maximum absolute atomic E-state index is 14.0. The molecule has 0 aromatic heterocycles. The molecule has 2 atom stereocenters. The van der Waals surface area contributed by atoms with Gasteiger partial charge in [-0.25, -0.2) is 4.79 Å². The van der Waals surface area contributed by atoms with Crippen molar-refractivity contribution in [1.82, 2.24) is 10.2 Å². The summed E-state index contributed by atoms with van der Waals surface area (Å²) >= 11 is 0. The first-order valence-electron chi connectivity index (χ1n) is 13.3. The monoisotopic (exact) mass is 531 g/mol. The van der Waals surface area contributed by atoms with Gasteiger partial charge in [-0.3, -0.25) is 9.59 Å². The van der Waals surface area contributed by atoms with E-state index in [4.69, 9.17) is 4.74 Å². The normalized spacial score (nSPS) is 15.1. The molecular weight excluding hydrogens is 494 g/mol. The number of anilines is 1. The van der Waals surface area contributed by atoms with Crippen molar-refractivity contribution >= 4 is 34.4 Å². The Morgan fingerprint density at radius 3 is 2.31 bits per heavy atom. The van der Waals surface area contributed by atoms with E-state index < -0.39 is 23.8 Å². The fraction of sp³-hybridized carbons (Fsp3) is 0.387. The van der Waals surface area contributed by atoms with Gasteiger partial charge in [-0.05, 0) is 100 Å². The van der Waals surface area contributed by atoms with E-state index in [0.29, 0.717) is 16.8 Å². The van der Waals surface area contributed by atoms with Gasteiger partial charge >= 0.3 is 6.09 Å². The number of hydrogen-bond acceptors (Lipinski definition) is 5. The molecule has 0 saturated heterocycles. The number of nitrogens with one attached hydrogen (secondary N) is 2. The van der Waals surface area contributed by atoms with E-state index in [9.17, 15) is 19.5 Å². The second kappa shape index (κ2) is 11.4. The second-order valence-electron chi connectivity index (χ2n) is 11.2. The lowest BCUT2D eigenvalue weighted by molar-refractivity contribution is -0.145. The summed E-state index contributed by atoms with van der Waals surface area (Å²) in [6.07, 6.45) is 1.74.